The van der Waals surface area contributed by atoms with E-state index in [4.69, 9.17) is 0 Å². The minimum Gasteiger partial charge on any atom is -0.481 e. The number of aliphatic carboxylic acids is 1. The Morgan fingerprint density at radius 2 is 1.46 bits per heavy atom. The van der Waals surface area contributed by atoms with Crippen molar-refractivity contribution in [2.75, 3.05) is 0 Å². The van der Waals surface area contributed by atoms with Crippen LogP contribution in [-0.2, 0) is 17.6 Å². The Labute approximate surface area is 160 Å². The zero-order valence-electron chi connectivity index (χ0n) is 17.6. The molecule has 0 saturated heterocycles. The highest BCUT2D eigenvalue weighted by molar-refractivity contribution is 5.77. The van der Waals surface area contributed by atoms with Crippen molar-refractivity contribution in [3.8, 4) is 0 Å². The molecule has 1 fully saturated rings. The van der Waals surface area contributed by atoms with Gasteiger partial charge in [0.25, 0.3) is 0 Å². The van der Waals surface area contributed by atoms with Crippen LogP contribution in [0.25, 0.3) is 0 Å². The van der Waals surface area contributed by atoms with E-state index in [-0.39, 0.29) is 5.41 Å². The van der Waals surface area contributed by atoms with Gasteiger partial charge in [-0.25, -0.2) is 0 Å². The number of carboxylic acids is 1. The van der Waals surface area contributed by atoms with Crippen LogP contribution >= 0.6 is 0 Å². The van der Waals surface area contributed by atoms with Crippen LogP contribution in [0.1, 0.15) is 94.4 Å². The summed E-state index contributed by atoms with van der Waals surface area (Å²) in [5.74, 6) is -0.580. The second kappa shape index (κ2) is 8.59. The molecule has 1 aromatic carbocycles. The molecule has 1 aliphatic rings. The van der Waals surface area contributed by atoms with Gasteiger partial charge in [-0.1, -0.05) is 45.7 Å². The fraction of sp³-hybridized carbons (Fsp3) is 0.708. The Bertz CT molecular complexity index is 618. The van der Waals surface area contributed by atoms with Crippen molar-refractivity contribution in [3.63, 3.8) is 0 Å². The molecule has 1 aromatic rings. The normalized spacial score (nSPS) is 15.9. The molecule has 2 rings (SSSR count). The van der Waals surface area contributed by atoms with Gasteiger partial charge in [-0.2, -0.15) is 0 Å². The highest BCUT2D eigenvalue weighted by Gasteiger charge is 2.49. The second-order valence-corrected chi connectivity index (χ2v) is 9.72. The predicted octanol–water partition coefficient (Wildman–Crippen LogP) is 6.64. The van der Waals surface area contributed by atoms with E-state index >= 15 is 0 Å². The van der Waals surface area contributed by atoms with Crippen LogP contribution < -0.4 is 0 Å². The average Bonchev–Trinajstić information content (AvgIpc) is 3.33. The number of carboxylic acid groups (broad SMARTS) is 1. The number of hydrogen-bond acceptors (Lipinski definition) is 1. The van der Waals surface area contributed by atoms with Gasteiger partial charge in [0.2, 0.25) is 0 Å². The van der Waals surface area contributed by atoms with Crippen molar-refractivity contribution in [2.24, 2.45) is 10.8 Å². The van der Waals surface area contributed by atoms with Crippen LogP contribution in [0.3, 0.4) is 0 Å². The van der Waals surface area contributed by atoms with Gasteiger partial charge in [0.05, 0.1) is 5.41 Å². The molecule has 0 bridgehead atoms. The van der Waals surface area contributed by atoms with Crippen LogP contribution in [0.4, 0.5) is 0 Å². The monoisotopic (exact) mass is 358 g/mol. The molecule has 0 atom stereocenters. The zero-order valence-corrected chi connectivity index (χ0v) is 17.6. The molecule has 0 spiro atoms. The van der Waals surface area contributed by atoms with Crippen LogP contribution in [0.15, 0.2) is 12.1 Å². The van der Waals surface area contributed by atoms with Gasteiger partial charge in [-0.3, -0.25) is 4.79 Å². The maximum Gasteiger partial charge on any atom is 0.309 e. The summed E-state index contributed by atoms with van der Waals surface area (Å²) in [4.78, 5) is 11.3. The number of hydrogen-bond donors (Lipinski definition) is 1. The maximum absolute atomic E-state index is 11.3. The van der Waals surface area contributed by atoms with Gasteiger partial charge in [0, 0.05) is 0 Å². The molecule has 0 amide bonds. The van der Waals surface area contributed by atoms with Crippen molar-refractivity contribution in [1.29, 1.82) is 0 Å². The first-order valence-corrected chi connectivity index (χ1v) is 10.5. The fourth-order valence-electron chi connectivity index (χ4n) is 4.07. The molecule has 26 heavy (non-hydrogen) atoms. The van der Waals surface area contributed by atoms with E-state index < -0.39 is 5.97 Å². The molecule has 0 aliphatic heterocycles. The summed E-state index contributed by atoms with van der Waals surface area (Å²) < 4.78 is 0. The maximum atomic E-state index is 11.3. The van der Waals surface area contributed by atoms with E-state index in [1.165, 1.54) is 42.4 Å². The van der Waals surface area contributed by atoms with Crippen molar-refractivity contribution in [2.45, 2.75) is 98.8 Å². The summed E-state index contributed by atoms with van der Waals surface area (Å²) in [6.45, 7) is 11.4. The van der Waals surface area contributed by atoms with Gasteiger partial charge >= 0.3 is 5.97 Å². The number of aryl methyl sites for hydroxylation is 2. The molecule has 146 valence electrons. The van der Waals surface area contributed by atoms with Crippen molar-refractivity contribution >= 4 is 5.97 Å². The van der Waals surface area contributed by atoms with Gasteiger partial charge in [0.15, 0.2) is 0 Å². The van der Waals surface area contributed by atoms with Crippen LogP contribution in [-0.4, -0.2) is 11.1 Å². The first-order valence-electron chi connectivity index (χ1n) is 10.5. The lowest BCUT2D eigenvalue weighted by Crippen LogP contribution is -2.14. The largest absolute Gasteiger partial charge is 0.481 e. The van der Waals surface area contributed by atoms with Crippen LogP contribution in [0.5, 0.6) is 0 Å². The SMILES string of the molecule is Cc1ccc(C)c(CCCCC2(C(=O)O)CC2)c1CCCCC(C)(C)C. The highest BCUT2D eigenvalue weighted by atomic mass is 16.4. The third-order valence-electron chi connectivity index (χ3n) is 6.14. The van der Waals surface area contributed by atoms with Gasteiger partial charge in [0.1, 0.15) is 0 Å². The Hall–Kier alpha value is -1.31. The zero-order chi connectivity index (χ0) is 19.4. The molecule has 1 N–H and O–H groups in total. The van der Waals surface area contributed by atoms with E-state index in [0.717, 1.165) is 38.5 Å². The second-order valence-electron chi connectivity index (χ2n) is 9.72. The van der Waals surface area contributed by atoms with Crippen molar-refractivity contribution in [1.82, 2.24) is 0 Å². The number of benzene rings is 1. The summed E-state index contributed by atoms with van der Waals surface area (Å²) in [5.41, 5.74) is 5.97. The van der Waals surface area contributed by atoms with Crippen LogP contribution in [0, 0.1) is 24.7 Å². The highest BCUT2D eigenvalue weighted by Crippen LogP contribution is 2.50. The topological polar surface area (TPSA) is 37.3 Å². The van der Waals surface area contributed by atoms with E-state index in [0.29, 0.717) is 5.41 Å². The Morgan fingerprint density at radius 1 is 0.962 bits per heavy atom. The molecule has 0 heterocycles. The molecule has 2 heteroatoms. The predicted molar refractivity (Wildman–Crippen MR) is 110 cm³/mol. The number of unbranched alkanes of at least 4 members (excludes halogenated alkanes) is 2. The number of carbonyl (C=O) groups is 1. The summed E-state index contributed by atoms with van der Waals surface area (Å²) in [6.07, 6.45) is 10.9. The molecule has 1 aliphatic carbocycles. The minimum atomic E-state index is -0.580. The van der Waals surface area contributed by atoms with Crippen LogP contribution in [0.2, 0.25) is 0 Å². The van der Waals surface area contributed by atoms with Crippen molar-refractivity contribution < 1.29 is 9.90 Å². The molecule has 0 aromatic heterocycles. The lowest BCUT2D eigenvalue weighted by atomic mass is 9.86. The van der Waals surface area contributed by atoms with E-state index in [9.17, 15) is 9.90 Å². The average molecular weight is 359 g/mol. The number of rotatable bonds is 10. The molecule has 1 saturated carbocycles. The van der Waals surface area contributed by atoms with Gasteiger partial charge < -0.3 is 5.11 Å². The summed E-state index contributed by atoms with van der Waals surface area (Å²) in [5, 5.41) is 9.32. The Kier molecular flexibility index (Phi) is 6.93. The molecule has 0 radical (unpaired) electrons. The lowest BCUT2D eigenvalue weighted by molar-refractivity contribution is -0.143. The fourth-order valence-corrected chi connectivity index (χ4v) is 4.07. The molecular weight excluding hydrogens is 320 g/mol. The smallest absolute Gasteiger partial charge is 0.309 e. The quantitative estimate of drug-likeness (QED) is 0.476. The first kappa shape index (κ1) is 21.0. The lowest BCUT2D eigenvalue weighted by Gasteiger charge is -2.19. The third-order valence-corrected chi connectivity index (χ3v) is 6.14. The van der Waals surface area contributed by atoms with E-state index in [2.05, 4.69) is 46.8 Å². The summed E-state index contributed by atoms with van der Waals surface area (Å²) >= 11 is 0. The summed E-state index contributed by atoms with van der Waals surface area (Å²) in [7, 11) is 0. The first-order chi connectivity index (χ1) is 12.1. The standard InChI is InChI=1S/C24H38O2/c1-18-12-13-19(2)21(20(18)10-6-8-14-23(3,4)5)11-7-9-15-24(16-17-24)22(25)26/h12-13H,6-11,14-17H2,1-5H3,(H,25,26). The molecule has 0 unspecified atom stereocenters. The van der Waals surface area contributed by atoms with E-state index in [1.54, 1.807) is 5.56 Å². The Balaban J connectivity index is 1.90. The molecular formula is C24H38O2. The Morgan fingerprint density at radius 3 is 1.88 bits per heavy atom. The molecule has 2 nitrogen and oxygen atoms in total. The minimum absolute atomic E-state index is 0.364. The van der Waals surface area contributed by atoms with Gasteiger partial charge in [-0.05, 0) is 92.9 Å². The van der Waals surface area contributed by atoms with Gasteiger partial charge in [-0.15, -0.1) is 0 Å². The van der Waals surface area contributed by atoms with Crippen molar-refractivity contribution in [3.05, 3.63) is 34.4 Å². The third kappa shape index (κ3) is 5.86. The van der Waals surface area contributed by atoms with E-state index in [1.807, 2.05) is 0 Å². The summed E-state index contributed by atoms with van der Waals surface area (Å²) in [6, 6.07) is 4.52.